The summed E-state index contributed by atoms with van der Waals surface area (Å²) >= 11 is 5.88. The minimum Gasteiger partial charge on any atom is -0.310 e. The fourth-order valence-corrected chi connectivity index (χ4v) is 2.96. The highest BCUT2D eigenvalue weighted by Crippen LogP contribution is 2.24. The predicted octanol–water partition coefficient (Wildman–Crippen LogP) is 3.83. The molecule has 1 aromatic rings. The molecule has 20 heavy (non-hydrogen) atoms. The molecule has 1 heterocycles. The normalized spacial score (nSPS) is 28.4. The van der Waals surface area contributed by atoms with Crippen molar-refractivity contribution in [2.24, 2.45) is 0 Å². The van der Waals surface area contributed by atoms with Gasteiger partial charge in [-0.1, -0.05) is 30.7 Å². The molecule has 1 N–H and O–H groups in total. The molecule has 0 saturated carbocycles. The van der Waals surface area contributed by atoms with Crippen molar-refractivity contribution in [3.05, 3.63) is 34.6 Å². The van der Waals surface area contributed by atoms with Crippen molar-refractivity contribution in [2.45, 2.75) is 51.7 Å². The van der Waals surface area contributed by atoms with E-state index < -0.39 is 0 Å². The van der Waals surface area contributed by atoms with Crippen LogP contribution in [0.4, 0.5) is 4.39 Å². The molecular weight excluding hydrogens is 275 g/mol. The topological polar surface area (TPSA) is 15.3 Å². The summed E-state index contributed by atoms with van der Waals surface area (Å²) in [5, 5.41) is 3.83. The first-order chi connectivity index (χ1) is 9.45. The van der Waals surface area contributed by atoms with Gasteiger partial charge in [0.25, 0.3) is 0 Å². The number of halogens is 2. The molecule has 1 aliphatic heterocycles. The standard InChI is InChI=1S/C16H24ClFN2/c1-4-16(3)11-20(12(2)8-9-19-16)10-13-6-5-7-14(17)15(13)18/h5-7,12,19H,4,8-11H2,1-3H3. The lowest BCUT2D eigenvalue weighted by atomic mass is 9.98. The van der Waals surface area contributed by atoms with E-state index in [0.717, 1.165) is 25.9 Å². The van der Waals surface area contributed by atoms with Crippen molar-refractivity contribution in [1.29, 1.82) is 0 Å². The van der Waals surface area contributed by atoms with Gasteiger partial charge < -0.3 is 5.32 Å². The summed E-state index contributed by atoms with van der Waals surface area (Å²) in [7, 11) is 0. The Labute approximate surface area is 126 Å². The molecule has 1 aliphatic rings. The highest BCUT2D eigenvalue weighted by molar-refractivity contribution is 6.30. The first-order valence-electron chi connectivity index (χ1n) is 7.37. The van der Waals surface area contributed by atoms with Crippen LogP contribution in [0, 0.1) is 5.82 Å². The lowest BCUT2D eigenvalue weighted by Gasteiger charge is -2.35. The van der Waals surface area contributed by atoms with Crippen molar-refractivity contribution in [3.8, 4) is 0 Å². The summed E-state index contributed by atoms with van der Waals surface area (Å²) < 4.78 is 14.1. The van der Waals surface area contributed by atoms with Gasteiger partial charge in [-0.05, 0) is 39.3 Å². The van der Waals surface area contributed by atoms with E-state index in [1.54, 1.807) is 6.07 Å². The molecule has 2 rings (SSSR count). The number of hydrogen-bond donors (Lipinski definition) is 1. The maximum Gasteiger partial charge on any atom is 0.146 e. The smallest absolute Gasteiger partial charge is 0.146 e. The number of nitrogens with one attached hydrogen (secondary N) is 1. The molecule has 1 saturated heterocycles. The molecule has 0 spiro atoms. The zero-order valence-corrected chi connectivity index (χ0v) is 13.3. The van der Waals surface area contributed by atoms with Crippen LogP contribution in [0.15, 0.2) is 18.2 Å². The second kappa shape index (κ2) is 6.42. The quantitative estimate of drug-likeness (QED) is 0.912. The van der Waals surface area contributed by atoms with Gasteiger partial charge in [0, 0.05) is 30.2 Å². The number of hydrogen-bond acceptors (Lipinski definition) is 2. The third-order valence-electron chi connectivity index (χ3n) is 4.47. The molecule has 0 aromatic heterocycles. The Morgan fingerprint density at radius 1 is 1.50 bits per heavy atom. The zero-order valence-electron chi connectivity index (χ0n) is 12.5. The highest BCUT2D eigenvalue weighted by Gasteiger charge is 2.30. The Kier molecular flexibility index (Phi) is 5.05. The SMILES string of the molecule is CCC1(C)CN(Cc2cccc(Cl)c2F)C(C)CCN1. The fraction of sp³-hybridized carbons (Fsp3) is 0.625. The molecular formula is C16H24ClFN2. The van der Waals surface area contributed by atoms with Gasteiger partial charge in [-0.2, -0.15) is 0 Å². The van der Waals surface area contributed by atoms with Crippen LogP contribution in [0.5, 0.6) is 0 Å². The van der Waals surface area contributed by atoms with E-state index in [-0.39, 0.29) is 16.4 Å². The Morgan fingerprint density at radius 3 is 2.95 bits per heavy atom. The maximum atomic E-state index is 14.1. The van der Waals surface area contributed by atoms with E-state index in [9.17, 15) is 4.39 Å². The average Bonchev–Trinajstić information content (AvgIpc) is 2.56. The summed E-state index contributed by atoms with van der Waals surface area (Å²) in [6, 6.07) is 5.69. The van der Waals surface area contributed by atoms with Gasteiger partial charge in [0.1, 0.15) is 5.82 Å². The van der Waals surface area contributed by atoms with Gasteiger partial charge in [0.05, 0.1) is 5.02 Å². The van der Waals surface area contributed by atoms with Crippen molar-refractivity contribution in [3.63, 3.8) is 0 Å². The predicted molar refractivity (Wildman–Crippen MR) is 82.6 cm³/mol. The van der Waals surface area contributed by atoms with Crippen LogP contribution < -0.4 is 5.32 Å². The van der Waals surface area contributed by atoms with E-state index >= 15 is 0 Å². The van der Waals surface area contributed by atoms with Crippen molar-refractivity contribution in [2.75, 3.05) is 13.1 Å². The fourth-order valence-electron chi connectivity index (χ4n) is 2.76. The van der Waals surface area contributed by atoms with Crippen molar-refractivity contribution >= 4 is 11.6 Å². The van der Waals surface area contributed by atoms with Crippen LogP contribution in [0.25, 0.3) is 0 Å². The molecule has 2 unspecified atom stereocenters. The van der Waals surface area contributed by atoms with Crippen LogP contribution in [0.2, 0.25) is 5.02 Å². The minimum atomic E-state index is -0.281. The first kappa shape index (κ1) is 15.7. The number of rotatable bonds is 3. The van der Waals surface area contributed by atoms with Gasteiger partial charge in [-0.25, -0.2) is 4.39 Å². The third kappa shape index (κ3) is 3.51. The number of nitrogens with zero attached hydrogens (tertiary/aromatic N) is 1. The molecule has 2 atom stereocenters. The molecule has 4 heteroatoms. The van der Waals surface area contributed by atoms with Crippen LogP contribution in [-0.2, 0) is 6.54 Å². The first-order valence-corrected chi connectivity index (χ1v) is 7.75. The Hall–Kier alpha value is -0.640. The van der Waals surface area contributed by atoms with Crippen LogP contribution in [-0.4, -0.2) is 29.6 Å². The van der Waals surface area contributed by atoms with Crippen molar-refractivity contribution in [1.82, 2.24) is 10.2 Å². The third-order valence-corrected chi connectivity index (χ3v) is 4.77. The summed E-state index contributed by atoms with van der Waals surface area (Å²) in [5.41, 5.74) is 0.782. The van der Waals surface area contributed by atoms with E-state index in [4.69, 9.17) is 11.6 Å². The molecule has 0 amide bonds. The highest BCUT2D eigenvalue weighted by atomic mass is 35.5. The van der Waals surface area contributed by atoms with Crippen LogP contribution in [0.3, 0.4) is 0 Å². The molecule has 2 nitrogen and oxygen atoms in total. The zero-order chi connectivity index (χ0) is 14.8. The summed E-state index contributed by atoms with van der Waals surface area (Å²) in [6.45, 7) is 9.21. The van der Waals surface area contributed by atoms with E-state index in [0.29, 0.717) is 18.2 Å². The van der Waals surface area contributed by atoms with E-state index in [1.807, 2.05) is 12.1 Å². The largest absolute Gasteiger partial charge is 0.310 e. The minimum absolute atomic E-state index is 0.0970. The molecule has 112 valence electrons. The molecule has 0 bridgehead atoms. The second-order valence-electron chi connectivity index (χ2n) is 6.10. The molecule has 1 fully saturated rings. The van der Waals surface area contributed by atoms with E-state index in [2.05, 4.69) is 31.0 Å². The van der Waals surface area contributed by atoms with Crippen LogP contribution >= 0.6 is 11.6 Å². The monoisotopic (exact) mass is 298 g/mol. The van der Waals surface area contributed by atoms with E-state index in [1.165, 1.54) is 0 Å². The van der Waals surface area contributed by atoms with Gasteiger partial charge in [0.2, 0.25) is 0 Å². The van der Waals surface area contributed by atoms with Crippen LogP contribution in [0.1, 0.15) is 39.2 Å². The Bertz CT molecular complexity index is 466. The van der Waals surface area contributed by atoms with Gasteiger partial charge in [-0.15, -0.1) is 0 Å². The molecule has 0 radical (unpaired) electrons. The summed E-state index contributed by atoms with van der Waals surface area (Å²) in [4.78, 5) is 2.36. The second-order valence-corrected chi connectivity index (χ2v) is 6.50. The van der Waals surface area contributed by atoms with Gasteiger partial charge >= 0.3 is 0 Å². The summed E-state index contributed by atoms with van der Waals surface area (Å²) in [5.74, 6) is -0.281. The number of benzene rings is 1. The summed E-state index contributed by atoms with van der Waals surface area (Å²) in [6.07, 6.45) is 2.14. The Morgan fingerprint density at radius 2 is 2.25 bits per heavy atom. The lowest BCUT2D eigenvalue weighted by Crippen LogP contribution is -2.49. The maximum absolute atomic E-state index is 14.1. The Balaban J connectivity index is 2.18. The van der Waals surface area contributed by atoms with Gasteiger partial charge in [-0.3, -0.25) is 4.90 Å². The average molecular weight is 299 g/mol. The molecule has 0 aliphatic carbocycles. The van der Waals surface area contributed by atoms with Gasteiger partial charge in [0.15, 0.2) is 0 Å². The molecule has 1 aromatic carbocycles. The van der Waals surface area contributed by atoms with Crippen molar-refractivity contribution < 1.29 is 4.39 Å². The lowest BCUT2D eigenvalue weighted by molar-refractivity contribution is 0.162.